The van der Waals surface area contributed by atoms with Crippen molar-refractivity contribution in [2.24, 2.45) is 0 Å². The summed E-state index contributed by atoms with van der Waals surface area (Å²) in [5.74, 6) is -0.461. The molecule has 3 aromatic rings. The molecule has 0 unspecified atom stereocenters. The highest BCUT2D eigenvalue weighted by molar-refractivity contribution is 7.10. The van der Waals surface area contributed by atoms with E-state index in [1.54, 1.807) is 23.5 Å². The zero-order valence-corrected chi connectivity index (χ0v) is 14.6. The van der Waals surface area contributed by atoms with Crippen LogP contribution in [0.4, 0.5) is 14.9 Å². The predicted octanol–water partition coefficient (Wildman–Crippen LogP) is 5.36. The van der Waals surface area contributed by atoms with Gasteiger partial charge in [0.15, 0.2) is 0 Å². The first-order valence-electron chi connectivity index (χ1n) is 8.11. The molecule has 0 fully saturated rings. The summed E-state index contributed by atoms with van der Waals surface area (Å²) in [5.41, 5.74) is 2.39. The lowest BCUT2D eigenvalue weighted by Gasteiger charge is -2.19. The summed E-state index contributed by atoms with van der Waals surface area (Å²) in [6, 6.07) is 17.5. The summed E-state index contributed by atoms with van der Waals surface area (Å²) in [6.45, 7) is 2.10. The van der Waals surface area contributed by atoms with Crippen molar-refractivity contribution in [3.8, 4) is 0 Å². The van der Waals surface area contributed by atoms with E-state index in [1.807, 2.05) is 29.6 Å². The number of rotatable bonds is 5. The van der Waals surface area contributed by atoms with E-state index >= 15 is 0 Å². The van der Waals surface area contributed by atoms with E-state index in [0.717, 1.165) is 16.9 Å². The molecule has 3 nitrogen and oxygen atoms in total. The lowest BCUT2D eigenvalue weighted by molar-refractivity contribution is 0.250. The third-order valence-electron chi connectivity index (χ3n) is 3.95. The Balaban J connectivity index is 1.80. The fraction of sp³-hybridized carbons (Fsp3) is 0.150. The minimum Gasteiger partial charge on any atom is -0.326 e. The van der Waals surface area contributed by atoms with Crippen molar-refractivity contribution in [2.45, 2.75) is 19.4 Å². The Morgan fingerprint density at radius 1 is 1.08 bits per heavy atom. The number of halogens is 1. The normalized spacial score (nSPS) is 11.8. The number of para-hydroxylation sites is 1. The number of carbonyl (C=O) groups excluding carboxylic acids is 1. The van der Waals surface area contributed by atoms with Gasteiger partial charge in [0.1, 0.15) is 5.82 Å². The van der Waals surface area contributed by atoms with Crippen molar-refractivity contribution >= 4 is 23.1 Å². The van der Waals surface area contributed by atoms with Gasteiger partial charge in [-0.25, -0.2) is 9.18 Å². The number of aryl methyl sites for hydroxylation is 1. The van der Waals surface area contributed by atoms with Gasteiger partial charge in [0, 0.05) is 4.88 Å². The first-order chi connectivity index (χ1) is 12.2. The second-order valence-corrected chi connectivity index (χ2v) is 6.60. The van der Waals surface area contributed by atoms with Crippen molar-refractivity contribution in [2.75, 3.05) is 5.32 Å². The lowest BCUT2D eigenvalue weighted by Crippen LogP contribution is -2.33. The summed E-state index contributed by atoms with van der Waals surface area (Å²) in [5, 5.41) is 7.49. The zero-order valence-electron chi connectivity index (χ0n) is 13.8. The lowest BCUT2D eigenvalue weighted by atomic mass is 10.0. The Kier molecular flexibility index (Phi) is 5.46. The largest absolute Gasteiger partial charge is 0.326 e. The van der Waals surface area contributed by atoms with Gasteiger partial charge in [-0.1, -0.05) is 49.4 Å². The molecule has 2 N–H and O–H groups in total. The summed E-state index contributed by atoms with van der Waals surface area (Å²) >= 11 is 1.57. The molecule has 2 amide bonds. The Morgan fingerprint density at radius 3 is 2.48 bits per heavy atom. The van der Waals surface area contributed by atoms with Crippen LogP contribution in [0.5, 0.6) is 0 Å². The van der Waals surface area contributed by atoms with Crippen LogP contribution in [0.15, 0.2) is 66.0 Å². The number of anilines is 1. The Morgan fingerprint density at radius 2 is 1.84 bits per heavy atom. The molecule has 2 aromatic carbocycles. The van der Waals surface area contributed by atoms with E-state index in [0.29, 0.717) is 0 Å². The molecule has 0 saturated carbocycles. The molecule has 1 atom stereocenters. The van der Waals surface area contributed by atoms with Crippen LogP contribution in [0.1, 0.15) is 29.0 Å². The van der Waals surface area contributed by atoms with Crippen molar-refractivity contribution in [1.82, 2.24) is 5.32 Å². The van der Waals surface area contributed by atoms with Crippen LogP contribution in [-0.2, 0) is 6.42 Å². The van der Waals surface area contributed by atoms with Gasteiger partial charge >= 0.3 is 6.03 Å². The second-order valence-electron chi connectivity index (χ2n) is 5.62. The summed E-state index contributed by atoms with van der Waals surface area (Å²) in [7, 11) is 0. The van der Waals surface area contributed by atoms with E-state index in [1.165, 1.54) is 17.7 Å². The average Bonchev–Trinajstić information content (AvgIpc) is 3.16. The minimum atomic E-state index is -0.461. The molecule has 3 rings (SSSR count). The van der Waals surface area contributed by atoms with Crippen LogP contribution in [0.3, 0.4) is 0 Å². The van der Waals surface area contributed by atoms with Crippen LogP contribution in [-0.4, -0.2) is 6.03 Å². The van der Waals surface area contributed by atoms with Gasteiger partial charge in [-0.3, -0.25) is 0 Å². The Bertz CT molecular complexity index is 831. The number of benzene rings is 2. The van der Waals surface area contributed by atoms with Crippen LogP contribution in [0.25, 0.3) is 0 Å². The second kappa shape index (κ2) is 7.94. The van der Waals surface area contributed by atoms with Gasteiger partial charge in [0.25, 0.3) is 0 Å². The van der Waals surface area contributed by atoms with Crippen molar-refractivity contribution in [3.63, 3.8) is 0 Å². The van der Waals surface area contributed by atoms with E-state index in [9.17, 15) is 9.18 Å². The first-order valence-corrected chi connectivity index (χ1v) is 8.99. The molecule has 5 heteroatoms. The van der Waals surface area contributed by atoms with Crippen molar-refractivity contribution in [1.29, 1.82) is 0 Å². The third kappa shape index (κ3) is 4.25. The quantitative estimate of drug-likeness (QED) is 0.636. The van der Waals surface area contributed by atoms with Gasteiger partial charge in [-0.05, 0) is 41.1 Å². The first kappa shape index (κ1) is 17.2. The minimum absolute atomic E-state index is 0.159. The topological polar surface area (TPSA) is 41.1 Å². The van der Waals surface area contributed by atoms with Crippen molar-refractivity contribution in [3.05, 3.63) is 87.9 Å². The highest BCUT2D eigenvalue weighted by Crippen LogP contribution is 2.26. The summed E-state index contributed by atoms with van der Waals surface area (Å²) < 4.78 is 13.7. The Hall–Kier alpha value is -2.66. The van der Waals surface area contributed by atoms with Crippen molar-refractivity contribution < 1.29 is 9.18 Å². The number of urea groups is 1. The maximum atomic E-state index is 13.7. The number of carbonyl (C=O) groups is 1. The molecule has 1 aromatic heterocycles. The van der Waals surface area contributed by atoms with E-state index < -0.39 is 11.8 Å². The number of amides is 2. The molecule has 0 spiro atoms. The van der Waals surface area contributed by atoms with Gasteiger partial charge in [-0.15, -0.1) is 11.3 Å². The molecular formula is C20H19FN2OS. The average molecular weight is 354 g/mol. The monoisotopic (exact) mass is 354 g/mol. The molecule has 1 heterocycles. The Labute approximate surface area is 150 Å². The molecule has 0 bridgehead atoms. The molecule has 0 aliphatic rings. The molecule has 25 heavy (non-hydrogen) atoms. The smallest absolute Gasteiger partial charge is 0.320 e. The van der Waals surface area contributed by atoms with E-state index in [2.05, 4.69) is 29.7 Å². The molecule has 0 aliphatic heterocycles. The SMILES string of the molecule is CCc1ccc([C@H](NC(=O)Nc2ccccc2F)c2cccs2)cc1. The standard InChI is InChI=1S/C20H19FN2OS/c1-2-14-9-11-15(12-10-14)19(18-8-5-13-25-18)23-20(24)22-17-7-4-3-6-16(17)21/h3-13,19H,2H2,1H3,(H2,22,23,24)/t19-/m0/s1. The third-order valence-corrected chi connectivity index (χ3v) is 4.88. The molecular weight excluding hydrogens is 335 g/mol. The molecule has 0 radical (unpaired) electrons. The molecule has 0 aliphatic carbocycles. The molecule has 0 saturated heterocycles. The fourth-order valence-electron chi connectivity index (χ4n) is 2.57. The fourth-order valence-corrected chi connectivity index (χ4v) is 3.37. The number of thiophene rings is 1. The van der Waals surface area contributed by atoms with Crippen LogP contribution >= 0.6 is 11.3 Å². The summed E-state index contributed by atoms with van der Waals surface area (Å²) in [4.78, 5) is 13.4. The predicted molar refractivity (Wildman–Crippen MR) is 101 cm³/mol. The maximum Gasteiger partial charge on any atom is 0.320 e. The number of hydrogen-bond donors (Lipinski definition) is 2. The van der Waals surface area contributed by atoms with Crippen LogP contribution in [0, 0.1) is 5.82 Å². The highest BCUT2D eigenvalue weighted by atomic mass is 32.1. The van der Waals surface area contributed by atoms with Crippen LogP contribution in [0.2, 0.25) is 0 Å². The number of nitrogens with one attached hydrogen (secondary N) is 2. The van der Waals surface area contributed by atoms with Gasteiger partial charge < -0.3 is 10.6 Å². The number of hydrogen-bond acceptors (Lipinski definition) is 2. The zero-order chi connectivity index (χ0) is 17.6. The maximum absolute atomic E-state index is 13.7. The van der Waals surface area contributed by atoms with E-state index in [-0.39, 0.29) is 11.7 Å². The highest BCUT2D eigenvalue weighted by Gasteiger charge is 2.18. The van der Waals surface area contributed by atoms with Gasteiger partial charge in [0.05, 0.1) is 11.7 Å². The van der Waals surface area contributed by atoms with Crippen LogP contribution < -0.4 is 10.6 Å². The van der Waals surface area contributed by atoms with Gasteiger partial charge in [-0.2, -0.15) is 0 Å². The summed E-state index contributed by atoms with van der Waals surface area (Å²) in [6.07, 6.45) is 0.963. The van der Waals surface area contributed by atoms with E-state index in [4.69, 9.17) is 0 Å². The van der Waals surface area contributed by atoms with Gasteiger partial charge in [0.2, 0.25) is 0 Å². The molecule has 128 valence electrons.